The third kappa shape index (κ3) is 3.53. The zero-order chi connectivity index (χ0) is 17.8. The van der Waals surface area contributed by atoms with Crippen molar-refractivity contribution < 1.29 is 18.4 Å². The fourth-order valence-electron chi connectivity index (χ4n) is 3.49. The maximum Gasteiger partial charge on any atom is 0.184 e. The Balaban J connectivity index is 2.06. The second-order valence-corrected chi connectivity index (χ2v) is 6.32. The Morgan fingerprint density at radius 3 is 2.48 bits per heavy atom. The number of hydrogen-bond donors (Lipinski definition) is 0. The van der Waals surface area contributed by atoms with E-state index in [2.05, 4.69) is 23.6 Å². The largest absolute Gasteiger partial charge is 0.493 e. The van der Waals surface area contributed by atoms with Crippen molar-refractivity contribution in [3.05, 3.63) is 58.9 Å². The lowest BCUT2D eigenvalue weighted by atomic mass is 9.93. The lowest BCUT2D eigenvalue weighted by Gasteiger charge is -2.21. The fourth-order valence-corrected chi connectivity index (χ4v) is 3.49. The molecule has 0 saturated heterocycles. The number of hydrogen-bond acceptors (Lipinski definition) is 2. The van der Waals surface area contributed by atoms with E-state index in [1.165, 1.54) is 22.9 Å². The molecule has 1 heterocycles. The Hall–Kier alpha value is -2.36. The molecule has 2 aromatic carbocycles. The molecule has 0 spiro atoms. The third-order valence-electron chi connectivity index (χ3n) is 4.76. The van der Waals surface area contributed by atoms with Crippen LogP contribution in [0.2, 0.25) is 0 Å². The highest BCUT2D eigenvalue weighted by molar-refractivity contribution is 5.99. The standard InChI is InChI=1S/C21H25FNO2/c1-4-7-19-17-13-21(25-3)20(24-2)12-15(17)10-11-23(19)14-16-8-5-6-9-18(16)22/h5-6,8-9,12-13H,4,7,10-11,14H2,1-3H3/q+1. The van der Waals surface area contributed by atoms with Gasteiger partial charge in [-0.05, 0) is 36.2 Å². The highest BCUT2D eigenvalue weighted by Crippen LogP contribution is 2.33. The minimum Gasteiger partial charge on any atom is -0.493 e. The van der Waals surface area contributed by atoms with Crippen molar-refractivity contribution in [3.63, 3.8) is 0 Å². The average Bonchev–Trinajstić information content (AvgIpc) is 2.64. The molecule has 2 aromatic rings. The average molecular weight is 342 g/mol. The van der Waals surface area contributed by atoms with E-state index in [0.717, 1.165) is 42.9 Å². The van der Waals surface area contributed by atoms with Gasteiger partial charge < -0.3 is 9.47 Å². The Bertz CT molecular complexity index is 798. The van der Waals surface area contributed by atoms with E-state index in [1.807, 2.05) is 12.1 Å². The summed E-state index contributed by atoms with van der Waals surface area (Å²) in [6.45, 7) is 3.64. The van der Waals surface area contributed by atoms with Crippen molar-refractivity contribution >= 4 is 5.71 Å². The fraction of sp³-hybridized carbons (Fsp3) is 0.381. The van der Waals surface area contributed by atoms with E-state index in [9.17, 15) is 4.39 Å². The van der Waals surface area contributed by atoms with Crippen LogP contribution >= 0.6 is 0 Å². The second kappa shape index (κ2) is 7.68. The molecule has 4 heteroatoms. The number of fused-ring (bicyclic) bond motifs is 1. The van der Waals surface area contributed by atoms with Crippen LogP contribution in [0.15, 0.2) is 36.4 Å². The monoisotopic (exact) mass is 342 g/mol. The molecule has 0 unspecified atom stereocenters. The molecule has 0 N–H and O–H groups in total. The number of nitrogens with zero attached hydrogens (tertiary/aromatic N) is 1. The lowest BCUT2D eigenvalue weighted by molar-refractivity contribution is -0.546. The van der Waals surface area contributed by atoms with Gasteiger partial charge in [-0.1, -0.05) is 19.1 Å². The Morgan fingerprint density at radius 1 is 1.08 bits per heavy atom. The van der Waals surface area contributed by atoms with Crippen LogP contribution in [0.3, 0.4) is 0 Å². The van der Waals surface area contributed by atoms with Gasteiger partial charge in [-0.15, -0.1) is 0 Å². The van der Waals surface area contributed by atoms with Crippen LogP contribution < -0.4 is 9.47 Å². The van der Waals surface area contributed by atoms with E-state index in [1.54, 1.807) is 20.3 Å². The third-order valence-corrected chi connectivity index (χ3v) is 4.76. The Labute approximate surface area is 148 Å². The van der Waals surface area contributed by atoms with E-state index in [-0.39, 0.29) is 5.82 Å². The van der Waals surface area contributed by atoms with Crippen molar-refractivity contribution in [2.75, 3.05) is 20.8 Å². The number of benzene rings is 2. The molecular formula is C21H25FNO2+. The van der Waals surface area contributed by atoms with Gasteiger partial charge >= 0.3 is 0 Å². The second-order valence-electron chi connectivity index (χ2n) is 6.32. The molecule has 3 nitrogen and oxygen atoms in total. The first-order valence-corrected chi connectivity index (χ1v) is 8.77. The summed E-state index contributed by atoms with van der Waals surface area (Å²) < 4.78 is 27.3. The molecule has 0 aromatic heterocycles. The minimum atomic E-state index is -0.142. The Kier molecular flexibility index (Phi) is 5.37. The normalized spacial score (nSPS) is 13.6. The van der Waals surface area contributed by atoms with Crippen molar-refractivity contribution in [2.45, 2.75) is 32.7 Å². The molecule has 3 rings (SSSR count). The predicted octanol–water partition coefficient (Wildman–Crippen LogP) is 4.20. The van der Waals surface area contributed by atoms with E-state index in [0.29, 0.717) is 6.54 Å². The van der Waals surface area contributed by atoms with Crippen molar-refractivity contribution in [1.29, 1.82) is 0 Å². The quantitative estimate of drug-likeness (QED) is 0.734. The number of rotatable bonds is 6. The molecule has 1 aliphatic rings. The van der Waals surface area contributed by atoms with Crippen LogP contribution in [0.25, 0.3) is 0 Å². The molecule has 132 valence electrons. The molecule has 0 amide bonds. The smallest absolute Gasteiger partial charge is 0.184 e. The van der Waals surface area contributed by atoms with Crippen LogP contribution in [-0.2, 0) is 13.0 Å². The van der Waals surface area contributed by atoms with Gasteiger partial charge in [-0.25, -0.2) is 8.97 Å². The van der Waals surface area contributed by atoms with Crippen molar-refractivity contribution in [1.82, 2.24) is 0 Å². The summed E-state index contributed by atoms with van der Waals surface area (Å²) in [5, 5.41) is 0. The lowest BCUT2D eigenvalue weighted by Crippen LogP contribution is -2.30. The molecule has 0 radical (unpaired) electrons. The zero-order valence-electron chi connectivity index (χ0n) is 15.1. The maximum absolute atomic E-state index is 14.1. The first kappa shape index (κ1) is 17.5. The van der Waals surface area contributed by atoms with E-state index < -0.39 is 0 Å². The molecule has 0 aliphatic carbocycles. The van der Waals surface area contributed by atoms with Gasteiger partial charge in [-0.3, -0.25) is 0 Å². The molecule has 0 fully saturated rings. The van der Waals surface area contributed by atoms with Gasteiger partial charge in [0, 0.05) is 18.4 Å². The van der Waals surface area contributed by atoms with Gasteiger partial charge in [0.05, 0.1) is 19.8 Å². The summed E-state index contributed by atoms with van der Waals surface area (Å²) in [6, 6.07) is 11.2. The van der Waals surface area contributed by atoms with Crippen LogP contribution in [0, 0.1) is 5.82 Å². The first-order valence-electron chi connectivity index (χ1n) is 8.77. The summed E-state index contributed by atoms with van der Waals surface area (Å²) in [7, 11) is 3.32. The maximum atomic E-state index is 14.1. The molecule has 0 atom stereocenters. The molecule has 0 bridgehead atoms. The minimum absolute atomic E-state index is 0.142. The zero-order valence-corrected chi connectivity index (χ0v) is 15.1. The van der Waals surface area contributed by atoms with Crippen molar-refractivity contribution in [3.8, 4) is 11.5 Å². The topological polar surface area (TPSA) is 21.5 Å². The number of ether oxygens (including phenoxy) is 2. The first-order chi connectivity index (χ1) is 12.2. The molecular weight excluding hydrogens is 317 g/mol. The summed E-state index contributed by atoms with van der Waals surface area (Å²) in [5.41, 5.74) is 4.46. The summed E-state index contributed by atoms with van der Waals surface area (Å²) in [6.07, 6.45) is 2.91. The van der Waals surface area contributed by atoms with Crippen molar-refractivity contribution in [2.24, 2.45) is 0 Å². The summed E-state index contributed by atoms with van der Waals surface area (Å²) in [4.78, 5) is 0. The Morgan fingerprint density at radius 2 is 1.80 bits per heavy atom. The predicted molar refractivity (Wildman–Crippen MR) is 97.5 cm³/mol. The molecule has 1 aliphatic heterocycles. The highest BCUT2D eigenvalue weighted by atomic mass is 19.1. The van der Waals surface area contributed by atoms with E-state index in [4.69, 9.17) is 9.47 Å². The van der Waals surface area contributed by atoms with Crippen LogP contribution in [0.5, 0.6) is 11.5 Å². The molecule has 25 heavy (non-hydrogen) atoms. The van der Waals surface area contributed by atoms with Crippen LogP contribution in [0.4, 0.5) is 4.39 Å². The number of halogens is 1. The molecule has 0 saturated carbocycles. The van der Waals surface area contributed by atoms with Gasteiger partial charge in [0.1, 0.15) is 12.4 Å². The highest BCUT2D eigenvalue weighted by Gasteiger charge is 2.27. The van der Waals surface area contributed by atoms with Crippen LogP contribution in [-0.4, -0.2) is 31.1 Å². The van der Waals surface area contributed by atoms with Gasteiger partial charge in [-0.2, -0.15) is 0 Å². The number of methoxy groups -OCH3 is 2. The van der Waals surface area contributed by atoms with Gasteiger partial charge in [0.25, 0.3) is 0 Å². The van der Waals surface area contributed by atoms with E-state index >= 15 is 0 Å². The van der Waals surface area contributed by atoms with Gasteiger partial charge in [0.15, 0.2) is 23.8 Å². The summed E-state index contributed by atoms with van der Waals surface area (Å²) in [5.74, 6) is 1.36. The van der Waals surface area contributed by atoms with Gasteiger partial charge in [0.2, 0.25) is 0 Å². The van der Waals surface area contributed by atoms with Crippen LogP contribution in [0.1, 0.15) is 36.5 Å². The SMILES string of the molecule is CCCC1=[N+](Cc2ccccc2F)CCc2cc(OC)c(OC)cc21. The summed E-state index contributed by atoms with van der Waals surface area (Å²) >= 11 is 0.